The molecule has 0 bridgehead atoms. The molecule has 0 spiro atoms. The number of carbonyl (C=O) groups is 1. The molecule has 1 saturated heterocycles. The van der Waals surface area contributed by atoms with Crippen LogP contribution in [0, 0.1) is 6.92 Å². The molecule has 0 saturated carbocycles. The van der Waals surface area contributed by atoms with Gasteiger partial charge in [0.05, 0.1) is 11.8 Å². The molecule has 158 valence electrons. The van der Waals surface area contributed by atoms with Crippen molar-refractivity contribution in [2.75, 3.05) is 13.1 Å². The Morgan fingerprint density at radius 1 is 1.30 bits per heavy atom. The van der Waals surface area contributed by atoms with Gasteiger partial charge in [-0.15, -0.1) is 0 Å². The Balaban J connectivity index is 1.58. The van der Waals surface area contributed by atoms with Gasteiger partial charge >= 0.3 is 0 Å². The lowest BCUT2D eigenvalue weighted by molar-refractivity contribution is 0.0793. The standard InChI is InChI=1S/C20H21ClN4O4S/c1-13-18(30(27,28)23-11-14-5-4-6-15(21)9-14)10-17(29-13)19-16(12-22-24-19)20(26)25-7-2-3-8-25/h4-6,9-10,12,23H,2-3,7-8,11H2,1H3,(H,22,24). The Bertz CT molecular complexity index is 1180. The smallest absolute Gasteiger partial charge is 0.257 e. The summed E-state index contributed by atoms with van der Waals surface area (Å²) in [6, 6.07) is 8.35. The Morgan fingerprint density at radius 2 is 2.07 bits per heavy atom. The number of rotatable bonds is 6. The van der Waals surface area contributed by atoms with Crippen molar-refractivity contribution in [1.82, 2.24) is 19.8 Å². The van der Waals surface area contributed by atoms with Crippen LogP contribution in [0.2, 0.25) is 5.02 Å². The number of aromatic amines is 1. The van der Waals surface area contributed by atoms with Crippen LogP contribution in [0.5, 0.6) is 0 Å². The first kappa shape index (κ1) is 20.6. The first-order chi connectivity index (χ1) is 14.3. The van der Waals surface area contributed by atoms with Gasteiger partial charge in [-0.25, -0.2) is 13.1 Å². The Labute approximate surface area is 179 Å². The molecule has 3 heterocycles. The van der Waals surface area contributed by atoms with Crippen molar-refractivity contribution in [1.29, 1.82) is 0 Å². The van der Waals surface area contributed by atoms with E-state index < -0.39 is 10.0 Å². The zero-order chi connectivity index (χ0) is 21.3. The van der Waals surface area contributed by atoms with Gasteiger partial charge in [0.1, 0.15) is 16.3 Å². The lowest BCUT2D eigenvalue weighted by Gasteiger charge is -2.14. The van der Waals surface area contributed by atoms with Gasteiger partial charge in [0, 0.05) is 30.7 Å². The van der Waals surface area contributed by atoms with Crippen LogP contribution in [0.15, 0.2) is 45.8 Å². The van der Waals surface area contributed by atoms with Gasteiger partial charge in [-0.2, -0.15) is 5.10 Å². The van der Waals surface area contributed by atoms with Crippen LogP contribution in [-0.2, 0) is 16.6 Å². The van der Waals surface area contributed by atoms with Gasteiger partial charge in [0.2, 0.25) is 10.0 Å². The summed E-state index contributed by atoms with van der Waals surface area (Å²) in [6.07, 6.45) is 3.39. The number of benzene rings is 1. The second-order valence-corrected chi connectivity index (χ2v) is 9.32. The molecule has 0 aliphatic carbocycles. The molecule has 0 unspecified atom stereocenters. The molecule has 0 atom stereocenters. The zero-order valence-corrected chi connectivity index (χ0v) is 17.9. The average Bonchev–Trinajstić information content (AvgIpc) is 3.46. The molecule has 0 radical (unpaired) electrons. The Kier molecular flexibility index (Phi) is 5.68. The average molecular weight is 449 g/mol. The number of carbonyl (C=O) groups excluding carboxylic acids is 1. The van der Waals surface area contributed by atoms with Gasteiger partial charge in [0.25, 0.3) is 5.91 Å². The van der Waals surface area contributed by atoms with E-state index in [1.165, 1.54) is 12.3 Å². The van der Waals surface area contributed by atoms with Crippen molar-refractivity contribution < 1.29 is 17.6 Å². The summed E-state index contributed by atoms with van der Waals surface area (Å²) in [4.78, 5) is 14.5. The third kappa shape index (κ3) is 4.14. The Morgan fingerprint density at radius 3 is 2.80 bits per heavy atom. The van der Waals surface area contributed by atoms with E-state index in [1.54, 1.807) is 36.1 Å². The fourth-order valence-corrected chi connectivity index (χ4v) is 4.89. The van der Waals surface area contributed by atoms with Crippen molar-refractivity contribution in [3.8, 4) is 11.5 Å². The molecule has 1 aliphatic heterocycles. The number of likely N-dealkylation sites (tertiary alicyclic amines) is 1. The fourth-order valence-electron chi connectivity index (χ4n) is 3.49. The van der Waals surface area contributed by atoms with Crippen LogP contribution >= 0.6 is 11.6 Å². The third-order valence-corrected chi connectivity index (χ3v) is 6.77. The molecular formula is C20H21ClN4O4S. The highest BCUT2D eigenvalue weighted by molar-refractivity contribution is 7.89. The van der Waals surface area contributed by atoms with Gasteiger partial charge in [-0.3, -0.25) is 9.89 Å². The molecule has 1 amide bonds. The van der Waals surface area contributed by atoms with Gasteiger partial charge in [-0.05, 0) is 37.5 Å². The number of aromatic nitrogens is 2. The van der Waals surface area contributed by atoms with Crippen molar-refractivity contribution in [3.05, 3.63) is 58.4 Å². The molecule has 10 heteroatoms. The summed E-state index contributed by atoms with van der Waals surface area (Å²) in [7, 11) is -3.84. The molecule has 3 aromatic rings. The maximum absolute atomic E-state index is 12.8. The number of hydrogen-bond acceptors (Lipinski definition) is 5. The highest BCUT2D eigenvalue weighted by Crippen LogP contribution is 2.30. The van der Waals surface area contributed by atoms with Crippen molar-refractivity contribution in [2.24, 2.45) is 0 Å². The minimum absolute atomic E-state index is 0.00806. The number of halogens is 1. The van der Waals surface area contributed by atoms with Crippen LogP contribution in [0.4, 0.5) is 0 Å². The normalized spacial score (nSPS) is 14.4. The number of nitrogens with one attached hydrogen (secondary N) is 2. The van der Waals surface area contributed by atoms with E-state index in [1.807, 2.05) is 0 Å². The van der Waals surface area contributed by atoms with Crippen LogP contribution < -0.4 is 4.72 Å². The van der Waals surface area contributed by atoms with E-state index in [2.05, 4.69) is 14.9 Å². The molecule has 1 aliphatic rings. The molecule has 1 aromatic carbocycles. The van der Waals surface area contributed by atoms with E-state index in [9.17, 15) is 13.2 Å². The highest BCUT2D eigenvalue weighted by Gasteiger charge is 2.27. The zero-order valence-electron chi connectivity index (χ0n) is 16.3. The molecule has 30 heavy (non-hydrogen) atoms. The number of furan rings is 1. The Hall–Kier alpha value is -2.62. The van der Waals surface area contributed by atoms with Crippen LogP contribution in [0.25, 0.3) is 11.5 Å². The maximum atomic E-state index is 12.8. The van der Waals surface area contributed by atoms with E-state index in [4.69, 9.17) is 16.0 Å². The van der Waals surface area contributed by atoms with E-state index in [0.717, 1.165) is 18.4 Å². The molecule has 1 fully saturated rings. The third-order valence-electron chi connectivity index (χ3n) is 5.03. The first-order valence-electron chi connectivity index (χ1n) is 9.53. The molecule has 8 nitrogen and oxygen atoms in total. The number of amides is 1. The lowest BCUT2D eigenvalue weighted by Crippen LogP contribution is -2.27. The van der Waals surface area contributed by atoms with Crippen LogP contribution in [-0.4, -0.2) is 42.5 Å². The number of nitrogens with zero attached hydrogens (tertiary/aromatic N) is 2. The predicted molar refractivity (Wildman–Crippen MR) is 112 cm³/mol. The SMILES string of the molecule is Cc1oc(-c2[nH]ncc2C(=O)N2CCCC2)cc1S(=O)(=O)NCc1cccc(Cl)c1. The first-order valence-corrected chi connectivity index (χ1v) is 11.4. The number of aryl methyl sites for hydroxylation is 1. The summed E-state index contributed by atoms with van der Waals surface area (Å²) in [5, 5.41) is 7.26. The minimum atomic E-state index is -3.84. The van der Waals surface area contributed by atoms with Gasteiger partial charge in [-0.1, -0.05) is 23.7 Å². The summed E-state index contributed by atoms with van der Waals surface area (Å²) in [6.45, 7) is 3.06. The van der Waals surface area contributed by atoms with E-state index >= 15 is 0 Å². The van der Waals surface area contributed by atoms with Crippen LogP contribution in [0.1, 0.15) is 34.5 Å². The van der Waals surface area contributed by atoms with E-state index in [-0.39, 0.29) is 28.9 Å². The van der Waals surface area contributed by atoms with Crippen molar-refractivity contribution in [2.45, 2.75) is 31.2 Å². The summed E-state index contributed by atoms with van der Waals surface area (Å²) in [5.74, 6) is 0.322. The van der Waals surface area contributed by atoms with Crippen molar-refractivity contribution >= 4 is 27.5 Å². The molecule has 2 aromatic heterocycles. The van der Waals surface area contributed by atoms with Gasteiger partial charge < -0.3 is 9.32 Å². The van der Waals surface area contributed by atoms with E-state index in [0.29, 0.717) is 29.4 Å². The quantitative estimate of drug-likeness (QED) is 0.601. The molecule has 2 N–H and O–H groups in total. The second kappa shape index (κ2) is 8.25. The lowest BCUT2D eigenvalue weighted by atomic mass is 10.2. The molecule has 4 rings (SSSR count). The maximum Gasteiger partial charge on any atom is 0.257 e. The second-order valence-electron chi connectivity index (χ2n) is 7.14. The highest BCUT2D eigenvalue weighted by atomic mass is 35.5. The van der Waals surface area contributed by atoms with Gasteiger partial charge in [0.15, 0.2) is 5.76 Å². The fraction of sp³-hybridized carbons (Fsp3) is 0.300. The van der Waals surface area contributed by atoms with Crippen LogP contribution in [0.3, 0.4) is 0 Å². The summed E-state index contributed by atoms with van der Waals surface area (Å²) < 4.78 is 33.9. The largest absolute Gasteiger partial charge is 0.458 e. The summed E-state index contributed by atoms with van der Waals surface area (Å²) in [5.41, 5.74) is 1.47. The monoisotopic (exact) mass is 448 g/mol. The van der Waals surface area contributed by atoms with Crippen molar-refractivity contribution in [3.63, 3.8) is 0 Å². The summed E-state index contributed by atoms with van der Waals surface area (Å²) >= 11 is 5.95. The predicted octanol–water partition coefficient (Wildman–Crippen LogP) is 3.35. The number of hydrogen-bond donors (Lipinski definition) is 2. The topological polar surface area (TPSA) is 108 Å². The number of H-pyrrole nitrogens is 1. The minimum Gasteiger partial charge on any atom is -0.458 e. The molecular weight excluding hydrogens is 428 g/mol. The number of sulfonamides is 1.